The Labute approximate surface area is 375 Å². The summed E-state index contributed by atoms with van der Waals surface area (Å²) in [7, 11) is -2.90. The van der Waals surface area contributed by atoms with E-state index < -0.39 is 134 Å². The van der Waals surface area contributed by atoms with Gasteiger partial charge in [-0.2, -0.15) is 74.6 Å². The first-order chi connectivity index (χ1) is 30.8. The molecular formula is C39H43F19N2O7Si. The Morgan fingerprint density at radius 3 is 1.68 bits per heavy atom. The molecule has 3 N–H and O–H groups in total. The minimum atomic E-state index is -8.73. The van der Waals surface area contributed by atoms with Crippen molar-refractivity contribution in [2.24, 2.45) is 0 Å². The predicted octanol–water partition coefficient (Wildman–Crippen LogP) is 12.7. The first kappa shape index (κ1) is 59.6. The summed E-state index contributed by atoms with van der Waals surface area (Å²) in [6, 6.07) is 5.93. The van der Waals surface area contributed by atoms with E-state index in [1.165, 1.54) is 77.6 Å². The van der Waals surface area contributed by atoms with E-state index in [-0.39, 0.29) is 23.3 Å². The van der Waals surface area contributed by atoms with Crippen molar-refractivity contribution in [1.82, 2.24) is 5.48 Å². The van der Waals surface area contributed by atoms with Gasteiger partial charge in [-0.05, 0) is 60.3 Å². The summed E-state index contributed by atoms with van der Waals surface area (Å²) in [5, 5.41) is 11.0. The number of nitrogens with one attached hydrogen (secondary N) is 2. The van der Waals surface area contributed by atoms with E-state index in [1.54, 1.807) is 0 Å². The molecule has 0 unspecified atom stereocenters. The summed E-state index contributed by atoms with van der Waals surface area (Å²) >= 11 is 0. The topological polar surface area (TPSA) is 115 Å². The highest BCUT2D eigenvalue weighted by molar-refractivity contribution is 6.76. The number of hydrogen-bond donors (Lipinski definition) is 3. The summed E-state index contributed by atoms with van der Waals surface area (Å²) in [4.78, 5) is 24.7. The van der Waals surface area contributed by atoms with Crippen molar-refractivity contribution in [3.05, 3.63) is 71.3 Å². The number of methoxy groups -OCH3 is 1. The third-order valence-corrected chi connectivity index (χ3v) is 16.3. The minimum absolute atomic E-state index is 0.00727. The van der Waals surface area contributed by atoms with E-state index in [0.29, 0.717) is 6.07 Å². The highest BCUT2D eigenvalue weighted by atomic mass is 28.4. The number of alkyl halides is 17. The van der Waals surface area contributed by atoms with Crippen LogP contribution < -0.4 is 15.5 Å². The molecular weight excluding hydrogens is 997 g/mol. The molecule has 0 fully saturated rings. The van der Waals surface area contributed by atoms with Gasteiger partial charge in [0.2, 0.25) is 0 Å². The van der Waals surface area contributed by atoms with Crippen LogP contribution in [0.3, 0.4) is 0 Å². The molecule has 0 aromatic heterocycles. The number of anilines is 1. The van der Waals surface area contributed by atoms with Gasteiger partial charge in [0.15, 0.2) is 14.4 Å². The fourth-order valence-electron chi connectivity index (χ4n) is 6.52. The third-order valence-electron chi connectivity index (χ3n) is 10.7. The van der Waals surface area contributed by atoms with E-state index in [1.807, 2.05) is 0 Å². The molecule has 9 nitrogen and oxygen atoms in total. The van der Waals surface area contributed by atoms with Crippen LogP contribution in [-0.4, -0.2) is 99.6 Å². The number of hydrogen-bond acceptors (Lipinski definition) is 7. The Balaban J connectivity index is 2.35. The average Bonchev–Trinajstić information content (AvgIpc) is 3.22. The van der Waals surface area contributed by atoms with Gasteiger partial charge >= 0.3 is 53.7 Å². The van der Waals surface area contributed by atoms with E-state index in [0.717, 1.165) is 12.1 Å². The number of carbonyl (C=O) groups excluding carboxylic acids is 2. The first-order valence-corrected chi connectivity index (χ1v) is 21.7. The summed E-state index contributed by atoms with van der Waals surface area (Å²) in [6.07, 6.45) is -13.1. The van der Waals surface area contributed by atoms with Crippen molar-refractivity contribution in [3.63, 3.8) is 0 Å². The molecule has 0 aliphatic heterocycles. The molecule has 2 aromatic rings. The summed E-state index contributed by atoms with van der Waals surface area (Å²) in [5.74, 6) is -60.1. The van der Waals surface area contributed by atoms with E-state index in [9.17, 15) is 84.2 Å². The van der Waals surface area contributed by atoms with Crippen LogP contribution in [0.1, 0.15) is 59.1 Å². The fraction of sp³-hybridized carbons (Fsp3) is 0.590. The largest absolute Gasteiger partial charge is 0.491 e. The zero-order chi connectivity index (χ0) is 52.9. The Hall–Kier alpha value is -4.51. The van der Waals surface area contributed by atoms with Crippen LogP contribution in [0, 0.1) is 11.6 Å². The highest BCUT2D eigenvalue weighted by Gasteiger charge is 2.95. The van der Waals surface area contributed by atoms with Gasteiger partial charge in [0.1, 0.15) is 30.1 Å². The molecule has 0 saturated heterocycles. The van der Waals surface area contributed by atoms with Gasteiger partial charge in [0.25, 0.3) is 5.91 Å². The Morgan fingerprint density at radius 1 is 0.721 bits per heavy atom. The van der Waals surface area contributed by atoms with Crippen molar-refractivity contribution >= 4 is 26.0 Å². The molecule has 2 rings (SSSR count). The fourth-order valence-corrected chi connectivity index (χ4v) is 11.0. The molecule has 0 aliphatic carbocycles. The smallest absolute Gasteiger partial charge is 0.460 e. The van der Waals surface area contributed by atoms with Crippen LogP contribution >= 0.6 is 0 Å². The highest BCUT2D eigenvalue weighted by Crippen LogP contribution is 2.64. The first-order valence-electron chi connectivity index (χ1n) is 19.4. The maximum Gasteiger partial charge on any atom is 0.460 e. The Kier molecular flexibility index (Phi) is 19.0. The van der Waals surface area contributed by atoms with Gasteiger partial charge in [-0.1, -0.05) is 45.9 Å². The quantitative estimate of drug-likeness (QED) is 0.0240. The lowest BCUT2D eigenvalue weighted by molar-refractivity contribution is -0.461. The number of benzene rings is 2. The van der Waals surface area contributed by atoms with E-state index >= 15 is 8.78 Å². The van der Waals surface area contributed by atoms with Crippen LogP contribution in [0.5, 0.6) is 5.75 Å². The predicted molar refractivity (Wildman–Crippen MR) is 202 cm³/mol. The molecule has 388 valence electrons. The lowest BCUT2D eigenvalue weighted by Crippen LogP contribution is -2.74. The number of ether oxygens (including phenoxy) is 3. The van der Waals surface area contributed by atoms with Crippen molar-refractivity contribution < 1.29 is 117 Å². The SMILES string of the molecule is CO[C@@H](C/C=C(\C)C(=O)NO)[C@@H](OC(=O)Nc1ccc(F)cc1F)c1ccc(OCCO[Si](CCC(F)(F)C(F)(F)C(F)(F)C(F)(F)C(F)(F)C(F)(F)C(F)(F)C(F)(F)F)(C(C)C)C(C)C)cc1. The summed E-state index contributed by atoms with van der Waals surface area (Å²) < 4.78 is 286. The summed E-state index contributed by atoms with van der Waals surface area (Å²) in [6.45, 7) is 5.28. The van der Waals surface area contributed by atoms with Crippen molar-refractivity contribution in [3.8, 4) is 5.75 Å². The normalized spacial score (nSPS) is 15.1. The molecule has 0 bridgehead atoms. The standard InChI is InChI=1S/C39H43F19N2O7Si/c1-20(2)68(21(3)4,18-15-32(42,43)33(44,45)34(46,47)35(48,49)36(50,51)37(52,53)38(54,55)39(56,57)58)66-17-16-65-25-11-8-23(9-12-25)29(28(64-6)14-7-22(5)30(61)60-63)67-31(62)59-27-13-10-24(40)19-26(27)41/h7-13,19-21,28-29,63H,14-18H2,1-6H3,(H,59,62)(H,60,61)/b22-7+/t28-,29-/m0/s1. The number of hydroxylamine groups is 1. The average molecular weight is 1040 g/mol. The van der Waals surface area contributed by atoms with Crippen LogP contribution in [0.15, 0.2) is 54.1 Å². The molecule has 0 saturated carbocycles. The van der Waals surface area contributed by atoms with E-state index in [2.05, 4.69) is 5.32 Å². The van der Waals surface area contributed by atoms with Crippen molar-refractivity contribution in [2.75, 3.05) is 25.6 Å². The van der Waals surface area contributed by atoms with Crippen LogP contribution in [0.25, 0.3) is 0 Å². The Morgan fingerprint density at radius 2 is 1.22 bits per heavy atom. The number of rotatable bonds is 24. The lowest BCUT2D eigenvalue weighted by Gasteiger charge is -2.44. The van der Waals surface area contributed by atoms with Gasteiger partial charge in [-0.3, -0.25) is 15.3 Å². The molecule has 2 aromatic carbocycles. The van der Waals surface area contributed by atoms with Gasteiger partial charge in [0, 0.05) is 25.2 Å². The van der Waals surface area contributed by atoms with Crippen LogP contribution in [0.4, 0.5) is 93.9 Å². The van der Waals surface area contributed by atoms with Gasteiger partial charge in [0.05, 0.1) is 12.3 Å². The Bertz CT molecular complexity index is 2050. The zero-order valence-corrected chi connectivity index (χ0v) is 37.0. The van der Waals surface area contributed by atoms with Crippen LogP contribution in [-0.2, 0) is 18.7 Å². The second-order valence-electron chi connectivity index (χ2n) is 15.6. The molecule has 0 heterocycles. The third kappa shape index (κ3) is 11.9. The molecule has 68 heavy (non-hydrogen) atoms. The molecule has 0 spiro atoms. The maximum absolute atomic E-state index is 15.0. The monoisotopic (exact) mass is 1040 g/mol. The minimum Gasteiger partial charge on any atom is -0.491 e. The van der Waals surface area contributed by atoms with Crippen LogP contribution in [0.2, 0.25) is 17.1 Å². The zero-order valence-electron chi connectivity index (χ0n) is 36.0. The van der Waals surface area contributed by atoms with Gasteiger partial charge in [-0.15, -0.1) is 0 Å². The van der Waals surface area contributed by atoms with Crippen molar-refractivity contribution in [2.45, 2.75) is 124 Å². The molecule has 29 heteroatoms. The molecule has 2 atom stereocenters. The van der Waals surface area contributed by atoms with E-state index in [4.69, 9.17) is 23.8 Å². The molecule has 2 amide bonds. The number of amides is 2. The maximum atomic E-state index is 15.0. The van der Waals surface area contributed by atoms with Gasteiger partial charge < -0.3 is 18.6 Å². The second-order valence-corrected chi connectivity index (χ2v) is 20.6. The molecule has 0 aliphatic rings. The second kappa shape index (κ2) is 21.6. The summed E-state index contributed by atoms with van der Waals surface area (Å²) in [5.41, 5.74) is -0.823. The van der Waals surface area contributed by atoms with Gasteiger partial charge in [-0.25, -0.2) is 19.1 Å². The lowest BCUT2D eigenvalue weighted by atomic mass is 9.88. The number of halogens is 19. The van der Waals surface area contributed by atoms with Crippen molar-refractivity contribution in [1.29, 1.82) is 0 Å². The molecule has 0 radical (unpaired) electrons. The number of carbonyl (C=O) groups is 2.